The molecule has 1 aliphatic rings. The number of ether oxygens (including phenoxy) is 3. The van der Waals surface area contributed by atoms with Gasteiger partial charge in [0.2, 0.25) is 5.95 Å². The molecule has 312 valence electrons. The normalized spacial score (nSPS) is 15.3. The number of carbonyl (C=O) groups excluding carboxylic acids is 1. The van der Waals surface area contributed by atoms with Gasteiger partial charge >= 0.3 is 17.5 Å². The lowest BCUT2D eigenvalue weighted by Crippen LogP contribution is -2.42. The third-order valence-corrected chi connectivity index (χ3v) is 10.0. The molecule has 0 bridgehead atoms. The number of carbonyl (C=O) groups is 1. The summed E-state index contributed by atoms with van der Waals surface area (Å²) in [6.07, 6.45) is 2.26. The molecule has 2 atom stereocenters. The second kappa shape index (κ2) is 16.5. The molecule has 14 nitrogen and oxygen atoms in total. The van der Waals surface area contributed by atoms with E-state index in [0.29, 0.717) is 51.6 Å². The lowest BCUT2D eigenvalue weighted by molar-refractivity contribution is -0.0570. The number of alkyl carbamates (subject to hydrolysis) is 1. The molecule has 2 unspecified atom stereocenters. The first-order valence-corrected chi connectivity index (χ1v) is 19.9. The van der Waals surface area contributed by atoms with E-state index in [1.165, 1.54) is 16.7 Å². The number of hydrogen-bond donors (Lipinski definition) is 2. The summed E-state index contributed by atoms with van der Waals surface area (Å²) in [7, 11) is 1.76. The summed E-state index contributed by atoms with van der Waals surface area (Å²) in [5.74, 6) is -0.876. The van der Waals surface area contributed by atoms with Gasteiger partial charge in [-0.1, -0.05) is 48.0 Å². The van der Waals surface area contributed by atoms with Gasteiger partial charge in [-0.15, -0.1) is 0 Å². The predicted octanol–water partition coefficient (Wildman–Crippen LogP) is 7.43. The van der Waals surface area contributed by atoms with E-state index in [1.54, 1.807) is 56.9 Å². The molecule has 1 amide bonds. The Morgan fingerprint density at radius 1 is 1.03 bits per heavy atom. The van der Waals surface area contributed by atoms with Gasteiger partial charge in [-0.05, 0) is 107 Å². The van der Waals surface area contributed by atoms with Crippen molar-refractivity contribution < 1.29 is 23.4 Å². The van der Waals surface area contributed by atoms with Crippen LogP contribution in [0.2, 0.25) is 5.02 Å². The summed E-state index contributed by atoms with van der Waals surface area (Å²) in [5, 5.41) is 22.5. The molecular weight excluding hydrogens is 791 g/mol. The maximum absolute atomic E-state index is 14.9. The van der Waals surface area contributed by atoms with Crippen LogP contribution in [0, 0.1) is 17.1 Å². The summed E-state index contributed by atoms with van der Waals surface area (Å²) in [5.41, 5.74) is 0.239. The second-order valence-electron chi connectivity index (χ2n) is 16.7. The third-order valence-electron chi connectivity index (χ3n) is 9.74. The molecule has 1 fully saturated rings. The van der Waals surface area contributed by atoms with Gasteiger partial charge in [0, 0.05) is 30.6 Å². The zero-order valence-electron chi connectivity index (χ0n) is 34.4. The Kier molecular flexibility index (Phi) is 11.6. The highest BCUT2D eigenvalue weighted by Gasteiger charge is 2.42. The zero-order valence-corrected chi connectivity index (χ0v) is 35.2. The smallest absolute Gasteiger partial charge is 0.407 e. The summed E-state index contributed by atoms with van der Waals surface area (Å²) < 4.78 is 35.6. The second-order valence-corrected chi connectivity index (χ2v) is 17.1. The van der Waals surface area contributed by atoms with Crippen LogP contribution in [0.3, 0.4) is 0 Å². The van der Waals surface area contributed by atoms with Gasteiger partial charge in [-0.3, -0.25) is 9.25 Å². The predicted molar refractivity (Wildman–Crippen MR) is 227 cm³/mol. The standard InChI is InChI=1S/C44H46ClFN8O6/c1-43(2,3)59-38-35(58-38)17-15-27-11-8-10-26-12-9-13-34(36(26)27)54-40(55)50-39(53(42(54)57)23-25-14-16-32(46)28(20-25)22-47)49-37-29(18-19-48-41(56)60-44(4,5)6)30-24-52(7)51-33(30)21-31(37)45/h8-14,16,20-21,24,35,38H,15,17-19,23H2,1-7H3,(H,48,56)(H,49,50,55). The first-order chi connectivity index (χ1) is 28.4. The van der Waals surface area contributed by atoms with E-state index >= 15 is 0 Å². The highest BCUT2D eigenvalue weighted by Crippen LogP contribution is 2.36. The SMILES string of the molecule is Cn1cc2c(CCNC(=O)OC(C)(C)C)c(Nc3nc(=O)n(-c4cccc5cccc(CCC6OC6OC(C)(C)C)c45)c(=O)n3Cc3ccc(F)c(C#N)c3)c(Cl)cc2n1. The average Bonchev–Trinajstić information content (AvgIpc) is 3.78. The van der Waals surface area contributed by atoms with Crippen LogP contribution in [0.25, 0.3) is 27.4 Å². The van der Waals surface area contributed by atoms with Crippen LogP contribution in [0.1, 0.15) is 70.2 Å². The molecule has 60 heavy (non-hydrogen) atoms. The number of aryl methyl sites for hydroxylation is 2. The van der Waals surface area contributed by atoms with Crippen molar-refractivity contribution in [3.05, 3.63) is 121 Å². The molecule has 0 saturated carbocycles. The van der Waals surface area contributed by atoms with Gasteiger partial charge < -0.3 is 24.8 Å². The molecule has 4 aromatic carbocycles. The van der Waals surface area contributed by atoms with Crippen molar-refractivity contribution in [2.75, 3.05) is 11.9 Å². The minimum Gasteiger partial charge on any atom is -0.444 e. The minimum absolute atomic E-state index is 0.0941. The number of nitrogens with one attached hydrogen (secondary N) is 2. The van der Waals surface area contributed by atoms with E-state index in [1.807, 2.05) is 51.1 Å². The van der Waals surface area contributed by atoms with E-state index in [0.717, 1.165) is 21.6 Å². The molecule has 1 aliphatic heterocycles. The van der Waals surface area contributed by atoms with E-state index in [-0.39, 0.29) is 54.0 Å². The number of halogens is 2. The van der Waals surface area contributed by atoms with Crippen LogP contribution in [0.5, 0.6) is 0 Å². The fourth-order valence-corrected chi connectivity index (χ4v) is 7.44. The Bertz CT molecular complexity index is 2790. The number of amides is 1. The summed E-state index contributed by atoms with van der Waals surface area (Å²) in [6.45, 7) is 11.1. The Hall–Kier alpha value is -6.08. The van der Waals surface area contributed by atoms with Crippen molar-refractivity contribution in [3.8, 4) is 11.8 Å². The molecule has 0 radical (unpaired) electrons. The van der Waals surface area contributed by atoms with Crippen molar-refractivity contribution in [1.29, 1.82) is 5.26 Å². The molecular formula is C44H46ClFN8O6. The number of nitrogens with zero attached hydrogens (tertiary/aromatic N) is 6. The number of hydrogen-bond acceptors (Lipinski definition) is 10. The monoisotopic (exact) mass is 836 g/mol. The quantitative estimate of drug-likeness (QED) is 0.118. The van der Waals surface area contributed by atoms with E-state index in [2.05, 4.69) is 20.7 Å². The highest BCUT2D eigenvalue weighted by molar-refractivity contribution is 6.34. The molecule has 1 saturated heterocycles. The average molecular weight is 837 g/mol. The van der Waals surface area contributed by atoms with Crippen molar-refractivity contribution in [2.45, 2.75) is 90.9 Å². The molecule has 6 aromatic rings. The van der Waals surface area contributed by atoms with Crippen LogP contribution in [-0.4, -0.2) is 60.1 Å². The van der Waals surface area contributed by atoms with Gasteiger partial charge in [0.05, 0.1) is 39.6 Å². The molecule has 7 rings (SSSR count). The molecule has 0 spiro atoms. The van der Waals surface area contributed by atoms with Gasteiger partial charge in [0.1, 0.15) is 23.6 Å². The maximum atomic E-state index is 14.9. The van der Waals surface area contributed by atoms with Crippen molar-refractivity contribution in [3.63, 3.8) is 0 Å². The maximum Gasteiger partial charge on any atom is 0.407 e. The summed E-state index contributed by atoms with van der Waals surface area (Å²) >= 11 is 6.94. The van der Waals surface area contributed by atoms with Gasteiger partial charge in [0.15, 0.2) is 6.29 Å². The fourth-order valence-electron chi connectivity index (χ4n) is 7.18. The van der Waals surface area contributed by atoms with Crippen LogP contribution in [0.4, 0.5) is 20.8 Å². The van der Waals surface area contributed by atoms with Crippen LogP contribution < -0.4 is 22.0 Å². The number of aromatic nitrogens is 5. The first-order valence-electron chi connectivity index (χ1n) is 19.5. The van der Waals surface area contributed by atoms with Gasteiger partial charge in [-0.2, -0.15) is 15.3 Å². The Morgan fingerprint density at radius 3 is 2.50 bits per heavy atom. The number of rotatable bonds is 12. The molecule has 0 aliphatic carbocycles. The van der Waals surface area contributed by atoms with Gasteiger partial charge in [0.25, 0.3) is 0 Å². The first kappa shape index (κ1) is 42.1. The Morgan fingerprint density at radius 2 is 1.78 bits per heavy atom. The Balaban J connectivity index is 1.33. The highest BCUT2D eigenvalue weighted by atomic mass is 35.5. The van der Waals surface area contributed by atoms with E-state index < -0.39 is 28.9 Å². The third kappa shape index (κ3) is 9.36. The van der Waals surface area contributed by atoms with E-state index in [4.69, 9.17) is 25.8 Å². The van der Waals surface area contributed by atoms with Crippen molar-refractivity contribution >= 4 is 51.0 Å². The minimum atomic E-state index is -0.867. The topological polar surface area (TPSA) is 171 Å². The number of epoxide rings is 1. The molecule has 2 N–H and O–H groups in total. The van der Waals surface area contributed by atoms with Crippen molar-refractivity contribution in [2.24, 2.45) is 7.05 Å². The number of anilines is 2. The number of benzene rings is 4. The summed E-state index contributed by atoms with van der Waals surface area (Å²) in [6, 6.07) is 18.6. The summed E-state index contributed by atoms with van der Waals surface area (Å²) in [4.78, 5) is 46.3. The van der Waals surface area contributed by atoms with E-state index in [9.17, 15) is 24.0 Å². The zero-order chi connectivity index (χ0) is 43.1. The lowest BCUT2D eigenvalue weighted by atomic mass is 9.98. The molecule has 3 heterocycles. The molecule has 2 aromatic heterocycles. The Labute approximate surface area is 350 Å². The number of fused-ring (bicyclic) bond motifs is 2. The molecule has 16 heteroatoms. The van der Waals surface area contributed by atoms with Crippen LogP contribution in [-0.2, 0) is 40.6 Å². The van der Waals surface area contributed by atoms with Crippen LogP contribution in [0.15, 0.2) is 76.4 Å². The van der Waals surface area contributed by atoms with Gasteiger partial charge in [-0.25, -0.2) is 23.3 Å². The largest absolute Gasteiger partial charge is 0.444 e. The fraction of sp³-hybridized carbons (Fsp3) is 0.364. The van der Waals surface area contributed by atoms with Crippen molar-refractivity contribution in [1.82, 2.24) is 29.2 Å². The lowest BCUT2D eigenvalue weighted by Gasteiger charge is -2.21. The van der Waals surface area contributed by atoms with Crippen LogP contribution >= 0.6 is 11.6 Å². The number of nitriles is 1.